The van der Waals surface area contributed by atoms with Crippen LogP contribution >= 0.6 is 22.7 Å². The fraction of sp³-hybridized carbons (Fsp3) is 0.333. The Bertz CT molecular complexity index is 982. The molecule has 1 aromatic carbocycles. The molecule has 156 valence electrons. The van der Waals surface area contributed by atoms with E-state index in [0.717, 1.165) is 24.8 Å². The van der Waals surface area contributed by atoms with Crippen LogP contribution in [0.3, 0.4) is 0 Å². The summed E-state index contributed by atoms with van der Waals surface area (Å²) in [7, 11) is 0. The molecule has 0 bridgehead atoms. The Morgan fingerprint density at radius 3 is 2.63 bits per heavy atom. The molecular formula is C24H26N2O2S2. The predicted octanol–water partition coefficient (Wildman–Crippen LogP) is 5.23. The molecule has 0 spiro atoms. The standard InChI is InChI=1S/C24H26N2O2S2/c1-2-3-13-25(24(28)21-10-7-15-29-21)17-22(27)26-14-11-20-19(12-16-30-20)23(26)18-8-5-4-6-9-18/h4-10,12,15-16,23H,2-3,11,13-14,17H2,1H3. The quantitative estimate of drug-likeness (QED) is 0.507. The molecule has 6 heteroatoms. The van der Waals surface area contributed by atoms with Gasteiger partial charge in [-0.15, -0.1) is 22.7 Å². The molecule has 1 atom stereocenters. The van der Waals surface area contributed by atoms with Gasteiger partial charge in [-0.2, -0.15) is 0 Å². The number of benzene rings is 1. The smallest absolute Gasteiger partial charge is 0.264 e. The highest BCUT2D eigenvalue weighted by atomic mass is 32.1. The predicted molar refractivity (Wildman–Crippen MR) is 123 cm³/mol. The van der Waals surface area contributed by atoms with Gasteiger partial charge in [0.25, 0.3) is 5.91 Å². The van der Waals surface area contributed by atoms with Gasteiger partial charge in [0.2, 0.25) is 5.91 Å². The van der Waals surface area contributed by atoms with Crippen molar-refractivity contribution in [3.8, 4) is 0 Å². The largest absolute Gasteiger partial charge is 0.330 e. The highest BCUT2D eigenvalue weighted by Crippen LogP contribution is 2.37. The number of nitrogens with zero attached hydrogens (tertiary/aromatic N) is 2. The summed E-state index contributed by atoms with van der Waals surface area (Å²) in [6.45, 7) is 3.51. The summed E-state index contributed by atoms with van der Waals surface area (Å²) in [5, 5.41) is 4.02. The van der Waals surface area contributed by atoms with E-state index in [0.29, 0.717) is 18.0 Å². The maximum atomic E-state index is 13.5. The van der Waals surface area contributed by atoms with Crippen molar-refractivity contribution in [1.82, 2.24) is 9.80 Å². The second-order valence-electron chi connectivity index (χ2n) is 7.51. The number of carbonyl (C=O) groups is 2. The van der Waals surface area contributed by atoms with Crippen molar-refractivity contribution in [2.45, 2.75) is 32.2 Å². The molecule has 3 aromatic rings. The van der Waals surface area contributed by atoms with Crippen molar-refractivity contribution in [2.24, 2.45) is 0 Å². The van der Waals surface area contributed by atoms with Crippen LogP contribution < -0.4 is 0 Å². The van der Waals surface area contributed by atoms with Gasteiger partial charge in [-0.25, -0.2) is 0 Å². The molecule has 0 radical (unpaired) electrons. The molecule has 2 aromatic heterocycles. The van der Waals surface area contributed by atoms with E-state index in [-0.39, 0.29) is 24.4 Å². The van der Waals surface area contributed by atoms with E-state index in [2.05, 4.69) is 30.5 Å². The van der Waals surface area contributed by atoms with Crippen molar-refractivity contribution in [2.75, 3.05) is 19.6 Å². The van der Waals surface area contributed by atoms with E-state index in [9.17, 15) is 9.59 Å². The highest BCUT2D eigenvalue weighted by molar-refractivity contribution is 7.12. The number of carbonyl (C=O) groups excluding carboxylic acids is 2. The van der Waals surface area contributed by atoms with Gasteiger partial charge in [-0.1, -0.05) is 49.7 Å². The van der Waals surface area contributed by atoms with Crippen molar-refractivity contribution >= 4 is 34.5 Å². The normalized spacial score (nSPS) is 15.6. The SMILES string of the molecule is CCCCN(CC(=O)N1CCc2sccc2C1c1ccccc1)C(=O)c1cccs1. The van der Waals surface area contributed by atoms with E-state index >= 15 is 0 Å². The van der Waals surface area contributed by atoms with Crippen LogP contribution in [0.2, 0.25) is 0 Å². The first kappa shape index (κ1) is 20.8. The minimum absolute atomic E-state index is 0.0155. The molecule has 1 aliphatic rings. The van der Waals surface area contributed by atoms with Crippen LogP contribution in [0, 0.1) is 0 Å². The zero-order chi connectivity index (χ0) is 20.9. The van der Waals surface area contributed by atoms with E-state index in [1.54, 1.807) is 16.2 Å². The summed E-state index contributed by atoms with van der Waals surface area (Å²) >= 11 is 3.19. The topological polar surface area (TPSA) is 40.6 Å². The molecule has 3 heterocycles. The Labute approximate surface area is 185 Å². The molecule has 2 amide bonds. The van der Waals surface area contributed by atoms with Gasteiger partial charge >= 0.3 is 0 Å². The van der Waals surface area contributed by atoms with Gasteiger partial charge < -0.3 is 9.80 Å². The van der Waals surface area contributed by atoms with Gasteiger partial charge in [0.15, 0.2) is 0 Å². The molecule has 1 unspecified atom stereocenters. The van der Waals surface area contributed by atoms with Crippen LogP contribution in [-0.2, 0) is 11.2 Å². The number of rotatable bonds is 7. The van der Waals surface area contributed by atoms with Crippen molar-refractivity contribution in [1.29, 1.82) is 0 Å². The lowest BCUT2D eigenvalue weighted by atomic mass is 9.93. The minimum atomic E-state index is -0.0847. The average molecular weight is 439 g/mol. The maximum absolute atomic E-state index is 13.5. The Morgan fingerprint density at radius 1 is 1.07 bits per heavy atom. The first-order chi connectivity index (χ1) is 14.7. The van der Waals surface area contributed by atoms with Crippen LogP contribution in [0.1, 0.15) is 51.5 Å². The molecule has 0 saturated carbocycles. The molecule has 1 aliphatic heterocycles. The zero-order valence-corrected chi connectivity index (χ0v) is 18.8. The molecule has 0 aliphatic carbocycles. The first-order valence-corrected chi connectivity index (χ1v) is 12.2. The Balaban J connectivity index is 1.59. The highest BCUT2D eigenvalue weighted by Gasteiger charge is 2.34. The van der Waals surface area contributed by atoms with Crippen LogP contribution in [0.4, 0.5) is 0 Å². The monoisotopic (exact) mass is 438 g/mol. The van der Waals surface area contributed by atoms with E-state index in [1.165, 1.54) is 21.8 Å². The van der Waals surface area contributed by atoms with Gasteiger partial charge in [0, 0.05) is 18.0 Å². The molecule has 4 nitrogen and oxygen atoms in total. The minimum Gasteiger partial charge on any atom is -0.330 e. The number of amides is 2. The van der Waals surface area contributed by atoms with Crippen LogP contribution in [-0.4, -0.2) is 41.2 Å². The second-order valence-corrected chi connectivity index (χ2v) is 9.46. The van der Waals surface area contributed by atoms with E-state index in [4.69, 9.17) is 0 Å². The van der Waals surface area contributed by atoms with Gasteiger partial charge in [0.05, 0.1) is 10.9 Å². The van der Waals surface area contributed by atoms with Crippen LogP contribution in [0.15, 0.2) is 59.3 Å². The summed E-state index contributed by atoms with van der Waals surface area (Å²) in [5.41, 5.74) is 2.34. The third-order valence-corrected chi connectivity index (χ3v) is 7.38. The fourth-order valence-electron chi connectivity index (χ4n) is 3.99. The molecule has 30 heavy (non-hydrogen) atoms. The van der Waals surface area contributed by atoms with Crippen LogP contribution in [0.25, 0.3) is 0 Å². The van der Waals surface area contributed by atoms with Gasteiger partial charge in [0.1, 0.15) is 6.54 Å². The summed E-state index contributed by atoms with van der Waals surface area (Å²) in [4.78, 5) is 32.2. The fourth-order valence-corrected chi connectivity index (χ4v) is 5.59. The van der Waals surface area contributed by atoms with E-state index in [1.807, 2.05) is 40.6 Å². The lowest BCUT2D eigenvalue weighted by Crippen LogP contribution is -2.47. The number of hydrogen-bond acceptors (Lipinski definition) is 4. The number of hydrogen-bond donors (Lipinski definition) is 0. The third kappa shape index (κ3) is 4.35. The summed E-state index contributed by atoms with van der Waals surface area (Å²) < 4.78 is 0. The average Bonchev–Trinajstić information content (AvgIpc) is 3.48. The Kier molecular flexibility index (Phi) is 6.65. The Morgan fingerprint density at radius 2 is 1.90 bits per heavy atom. The third-order valence-electron chi connectivity index (χ3n) is 5.53. The number of unbranched alkanes of at least 4 members (excludes halogenated alkanes) is 1. The molecular weight excluding hydrogens is 412 g/mol. The van der Waals surface area contributed by atoms with Crippen molar-refractivity contribution < 1.29 is 9.59 Å². The van der Waals surface area contributed by atoms with Crippen LogP contribution in [0.5, 0.6) is 0 Å². The summed E-state index contributed by atoms with van der Waals surface area (Å²) in [6.07, 6.45) is 2.74. The summed E-state index contributed by atoms with van der Waals surface area (Å²) in [5.74, 6) is -0.0296. The molecule has 0 fully saturated rings. The van der Waals surface area contributed by atoms with Gasteiger partial charge in [-0.05, 0) is 46.9 Å². The number of thiophene rings is 2. The number of fused-ring (bicyclic) bond motifs is 1. The molecule has 0 saturated heterocycles. The lowest BCUT2D eigenvalue weighted by molar-refractivity contribution is -0.134. The van der Waals surface area contributed by atoms with Gasteiger partial charge in [-0.3, -0.25) is 9.59 Å². The second kappa shape index (κ2) is 9.58. The maximum Gasteiger partial charge on any atom is 0.264 e. The van der Waals surface area contributed by atoms with Crippen molar-refractivity contribution in [3.05, 3.63) is 80.2 Å². The lowest BCUT2D eigenvalue weighted by Gasteiger charge is -2.37. The summed E-state index contributed by atoms with van der Waals surface area (Å²) in [6, 6.07) is 16.0. The zero-order valence-electron chi connectivity index (χ0n) is 17.1. The molecule has 4 rings (SSSR count). The van der Waals surface area contributed by atoms with Crippen molar-refractivity contribution in [3.63, 3.8) is 0 Å². The Hall–Kier alpha value is -2.44. The first-order valence-electron chi connectivity index (χ1n) is 10.4. The molecule has 0 N–H and O–H groups in total. The van der Waals surface area contributed by atoms with E-state index < -0.39 is 0 Å².